The van der Waals surface area contributed by atoms with Crippen LogP contribution >= 0.6 is 15.9 Å². The quantitative estimate of drug-likeness (QED) is 0.894. The first-order valence-electron chi connectivity index (χ1n) is 7.53. The SMILES string of the molecule is CCC1CCC(C#N)(NC(=O)Cc2ccc(Br)cc2)CC1. The molecule has 1 aliphatic rings. The fourth-order valence-electron chi connectivity index (χ4n) is 2.94. The third kappa shape index (κ3) is 4.31. The highest BCUT2D eigenvalue weighted by molar-refractivity contribution is 9.10. The summed E-state index contributed by atoms with van der Waals surface area (Å²) in [4.78, 5) is 12.2. The van der Waals surface area contributed by atoms with E-state index in [1.54, 1.807) is 0 Å². The lowest BCUT2D eigenvalue weighted by atomic mass is 9.76. The highest BCUT2D eigenvalue weighted by Gasteiger charge is 2.36. The standard InChI is InChI=1S/C17H21BrN2O/c1-2-13-7-9-17(12-19,10-8-13)20-16(21)11-14-3-5-15(18)6-4-14/h3-6,13H,2,7-11H2,1H3,(H,20,21). The van der Waals surface area contributed by atoms with Crippen LogP contribution < -0.4 is 5.32 Å². The van der Waals surface area contributed by atoms with Crippen molar-refractivity contribution in [3.05, 3.63) is 34.3 Å². The Balaban J connectivity index is 1.94. The molecule has 1 aromatic carbocycles. The van der Waals surface area contributed by atoms with E-state index in [0.29, 0.717) is 12.3 Å². The molecule has 0 heterocycles. The van der Waals surface area contributed by atoms with Crippen molar-refractivity contribution in [3.63, 3.8) is 0 Å². The van der Waals surface area contributed by atoms with Crippen LogP contribution in [0.25, 0.3) is 0 Å². The van der Waals surface area contributed by atoms with Crippen LogP contribution in [0, 0.1) is 17.2 Å². The maximum absolute atomic E-state index is 12.2. The summed E-state index contributed by atoms with van der Waals surface area (Å²) >= 11 is 3.38. The zero-order chi connectivity index (χ0) is 15.3. The topological polar surface area (TPSA) is 52.9 Å². The van der Waals surface area contributed by atoms with Crippen LogP contribution in [0.15, 0.2) is 28.7 Å². The largest absolute Gasteiger partial charge is 0.338 e. The van der Waals surface area contributed by atoms with Gasteiger partial charge >= 0.3 is 0 Å². The zero-order valence-electron chi connectivity index (χ0n) is 12.4. The van der Waals surface area contributed by atoms with Crippen molar-refractivity contribution in [2.24, 2.45) is 5.92 Å². The average Bonchev–Trinajstić information content (AvgIpc) is 2.50. The van der Waals surface area contributed by atoms with Crippen molar-refractivity contribution in [3.8, 4) is 6.07 Å². The Morgan fingerprint density at radius 1 is 1.38 bits per heavy atom. The van der Waals surface area contributed by atoms with E-state index in [0.717, 1.165) is 42.1 Å². The molecule has 3 nitrogen and oxygen atoms in total. The van der Waals surface area contributed by atoms with E-state index >= 15 is 0 Å². The molecule has 112 valence electrons. The van der Waals surface area contributed by atoms with Crippen molar-refractivity contribution in [1.29, 1.82) is 5.26 Å². The number of halogens is 1. The molecule has 0 unspecified atom stereocenters. The number of nitrogens with zero attached hydrogens (tertiary/aromatic N) is 1. The molecule has 0 bridgehead atoms. The lowest BCUT2D eigenvalue weighted by Gasteiger charge is -2.35. The predicted octanol–water partition coefficient (Wildman–Crippen LogP) is 3.97. The number of amides is 1. The minimum Gasteiger partial charge on any atom is -0.338 e. The van der Waals surface area contributed by atoms with Gasteiger partial charge < -0.3 is 5.32 Å². The van der Waals surface area contributed by atoms with Gasteiger partial charge in [0.2, 0.25) is 5.91 Å². The normalized spacial score (nSPS) is 25.1. The van der Waals surface area contributed by atoms with Gasteiger partial charge in [0.25, 0.3) is 0 Å². The van der Waals surface area contributed by atoms with Gasteiger partial charge in [-0.25, -0.2) is 0 Å². The summed E-state index contributed by atoms with van der Waals surface area (Å²) in [7, 11) is 0. The van der Waals surface area contributed by atoms with Crippen molar-refractivity contribution in [2.45, 2.75) is 51.0 Å². The Hall–Kier alpha value is -1.34. The Kier molecular flexibility index (Phi) is 5.41. The maximum Gasteiger partial charge on any atom is 0.225 e. The van der Waals surface area contributed by atoms with Gasteiger partial charge in [0.1, 0.15) is 5.54 Å². The number of hydrogen-bond donors (Lipinski definition) is 1. The molecule has 0 atom stereocenters. The van der Waals surface area contributed by atoms with Gasteiger partial charge in [-0.2, -0.15) is 5.26 Å². The Morgan fingerprint density at radius 3 is 2.52 bits per heavy atom. The molecular formula is C17H21BrN2O. The molecule has 21 heavy (non-hydrogen) atoms. The fraction of sp³-hybridized carbons (Fsp3) is 0.529. The fourth-order valence-corrected chi connectivity index (χ4v) is 3.21. The van der Waals surface area contributed by atoms with E-state index in [4.69, 9.17) is 0 Å². The minimum absolute atomic E-state index is 0.0613. The second-order valence-electron chi connectivity index (χ2n) is 5.90. The van der Waals surface area contributed by atoms with Crippen LogP contribution in [-0.4, -0.2) is 11.4 Å². The van der Waals surface area contributed by atoms with Gasteiger partial charge in [0, 0.05) is 4.47 Å². The molecule has 0 spiro atoms. The minimum atomic E-state index is -0.655. The highest BCUT2D eigenvalue weighted by Crippen LogP contribution is 2.33. The number of rotatable bonds is 4. The summed E-state index contributed by atoms with van der Waals surface area (Å²) in [6.45, 7) is 2.19. The van der Waals surface area contributed by atoms with E-state index in [-0.39, 0.29) is 5.91 Å². The third-order valence-corrected chi connectivity index (χ3v) is 4.94. The summed E-state index contributed by atoms with van der Waals surface area (Å²) in [5.74, 6) is 0.642. The second kappa shape index (κ2) is 7.09. The Morgan fingerprint density at radius 2 is 2.00 bits per heavy atom. The molecular weight excluding hydrogens is 328 g/mol. The summed E-state index contributed by atoms with van der Waals surface area (Å²) in [6, 6.07) is 10.1. The maximum atomic E-state index is 12.2. The van der Waals surface area contributed by atoms with E-state index in [2.05, 4.69) is 34.2 Å². The molecule has 1 fully saturated rings. The molecule has 1 aromatic rings. The van der Waals surface area contributed by atoms with Crippen LogP contribution in [0.4, 0.5) is 0 Å². The number of carbonyl (C=O) groups excluding carboxylic acids is 1. The molecule has 1 N–H and O–H groups in total. The lowest BCUT2D eigenvalue weighted by molar-refractivity contribution is -0.122. The molecule has 0 aliphatic heterocycles. The van der Waals surface area contributed by atoms with Crippen LogP contribution in [0.5, 0.6) is 0 Å². The zero-order valence-corrected chi connectivity index (χ0v) is 13.9. The third-order valence-electron chi connectivity index (χ3n) is 4.41. The van der Waals surface area contributed by atoms with Crippen molar-refractivity contribution >= 4 is 21.8 Å². The number of nitrogens with one attached hydrogen (secondary N) is 1. The van der Waals surface area contributed by atoms with Gasteiger partial charge in [-0.1, -0.05) is 41.4 Å². The van der Waals surface area contributed by atoms with E-state index in [1.807, 2.05) is 24.3 Å². The first kappa shape index (κ1) is 16.0. The van der Waals surface area contributed by atoms with Gasteiger partial charge in [0.05, 0.1) is 12.5 Å². The number of carbonyl (C=O) groups is 1. The van der Waals surface area contributed by atoms with E-state index < -0.39 is 5.54 Å². The molecule has 0 saturated heterocycles. The van der Waals surface area contributed by atoms with E-state index in [9.17, 15) is 10.1 Å². The molecule has 2 rings (SSSR count). The van der Waals surface area contributed by atoms with Crippen LogP contribution in [0.1, 0.15) is 44.6 Å². The summed E-state index contributed by atoms with van der Waals surface area (Å²) in [6.07, 6.45) is 5.09. The second-order valence-corrected chi connectivity index (χ2v) is 6.81. The number of hydrogen-bond acceptors (Lipinski definition) is 2. The monoisotopic (exact) mass is 348 g/mol. The first-order valence-corrected chi connectivity index (χ1v) is 8.33. The summed E-state index contributed by atoms with van der Waals surface area (Å²) in [5, 5.41) is 12.5. The van der Waals surface area contributed by atoms with Crippen LogP contribution in [-0.2, 0) is 11.2 Å². The van der Waals surface area contributed by atoms with Gasteiger partial charge in [-0.15, -0.1) is 0 Å². The molecule has 0 radical (unpaired) electrons. The van der Waals surface area contributed by atoms with Crippen molar-refractivity contribution in [2.75, 3.05) is 0 Å². The summed E-state index contributed by atoms with van der Waals surface area (Å²) < 4.78 is 0.998. The number of nitriles is 1. The van der Waals surface area contributed by atoms with Gasteiger partial charge in [-0.05, 0) is 49.3 Å². The lowest BCUT2D eigenvalue weighted by Crippen LogP contribution is -2.50. The highest BCUT2D eigenvalue weighted by atomic mass is 79.9. The van der Waals surface area contributed by atoms with Crippen molar-refractivity contribution < 1.29 is 4.79 Å². The van der Waals surface area contributed by atoms with Crippen LogP contribution in [0.3, 0.4) is 0 Å². The first-order chi connectivity index (χ1) is 10.1. The van der Waals surface area contributed by atoms with Crippen molar-refractivity contribution in [1.82, 2.24) is 5.32 Å². The van der Waals surface area contributed by atoms with Crippen LogP contribution in [0.2, 0.25) is 0 Å². The Bertz CT molecular complexity index is 525. The molecule has 1 saturated carbocycles. The predicted molar refractivity (Wildman–Crippen MR) is 86.6 cm³/mol. The average molecular weight is 349 g/mol. The van der Waals surface area contributed by atoms with Gasteiger partial charge in [-0.3, -0.25) is 4.79 Å². The number of benzene rings is 1. The molecule has 0 aromatic heterocycles. The molecule has 4 heteroatoms. The smallest absolute Gasteiger partial charge is 0.225 e. The summed E-state index contributed by atoms with van der Waals surface area (Å²) in [5.41, 5.74) is 0.309. The molecule has 1 amide bonds. The van der Waals surface area contributed by atoms with E-state index in [1.165, 1.54) is 0 Å². The Labute approximate surface area is 134 Å². The van der Waals surface area contributed by atoms with Gasteiger partial charge in [0.15, 0.2) is 0 Å². The molecule has 1 aliphatic carbocycles.